The molecule has 1 aromatic heterocycles. The largest absolute Gasteiger partial charge is 0.212 e. The predicted octanol–water partition coefficient (Wildman–Crippen LogP) is 4.10. The fourth-order valence-electron chi connectivity index (χ4n) is 2.44. The molecule has 0 aliphatic rings. The Labute approximate surface area is 125 Å². The van der Waals surface area contributed by atoms with Gasteiger partial charge in [0.15, 0.2) is 6.20 Å². The maximum atomic E-state index is 2.52. The molecule has 114 valence electrons. The lowest BCUT2D eigenvalue weighted by atomic mass is 9.90. The number of rotatable bonds is 8. The summed E-state index contributed by atoms with van der Waals surface area (Å²) < 4.78 is 2.40. The molecule has 1 heterocycles. The van der Waals surface area contributed by atoms with Gasteiger partial charge in [-0.05, 0) is 24.3 Å². The average Bonchev–Trinajstić information content (AvgIpc) is 2.38. The minimum absolute atomic E-state index is 0.324. The van der Waals surface area contributed by atoms with Crippen LogP contribution in [0.25, 0.3) is 0 Å². The zero-order chi connectivity index (χ0) is 15.0. The first kappa shape index (κ1) is 17.0. The van der Waals surface area contributed by atoms with Gasteiger partial charge in [0.1, 0.15) is 0 Å². The molecular weight excluding hydrogens is 244 g/mol. The van der Waals surface area contributed by atoms with E-state index >= 15 is 0 Å². The van der Waals surface area contributed by atoms with E-state index in [9.17, 15) is 0 Å². The number of nitrogens with zero attached hydrogens (tertiary/aromatic N) is 2. The summed E-state index contributed by atoms with van der Waals surface area (Å²) in [5, 5.41) is 2.52. The van der Waals surface area contributed by atoms with E-state index in [4.69, 9.17) is 0 Å². The summed E-state index contributed by atoms with van der Waals surface area (Å²) in [5.74, 6) is 0. The van der Waals surface area contributed by atoms with Gasteiger partial charge in [-0.1, -0.05) is 52.1 Å². The molecule has 2 nitrogen and oxygen atoms in total. The summed E-state index contributed by atoms with van der Waals surface area (Å²) in [6, 6.07) is 6.59. The zero-order valence-corrected chi connectivity index (χ0v) is 14.2. The Hall–Kier alpha value is -1.05. The number of aromatic nitrogens is 1. The molecule has 0 saturated heterocycles. The summed E-state index contributed by atoms with van der Waals surface area (Å²) in [6.45, 7) is 13.8. The standard InChI is InChI=1S/C18H33N2/c1-6-8-13-19(14-9-7-2)20-15-11-10-12-17(20)16-18(3,4)5/h10-12,15H,6-9,13-14,16H2,1-5H3/q+1. The number of pyridine rings is 1. The van der Waals surface area contributed by atoms with Gasteiger partial charge in [-0.3, -0.25) is 0 Å². The third-order valence-electron chi connectivity index (χ3n) is 3.48. The topological polar surface area (TPSA) is 7.12 Å². The normalized spacial score (nSPS) is 11.7. The van der Waals surface area contributed by atoms with Crippen molar-refractivity contribution < 1.29 is 4.68 Å². The molecule has 0 atom stereocenters. The predicted molar refractivity (Wildman–Crippen MR) is 87.6 cm³/mol. The van der Waals surface area contributed by atoms with Crippen molar-refractivity contribution in [3.8, 4) is 0 Å². The van der Waals surface area contributed by atoms with Crippen LogP contribution >= 0.6 is 0 Å². The van der Waals surface area contributed by atoms with E-state index in [0.717, 1.165) is 19.5 Å². The second kappa shape index (κ2) is 8.28. The molecule has 2 heteroatoms. The van der Waals surface area contributed by atoms with E-state index in [1.54, 1.807) is 0 Å². The van der Waals surface area contributed by atoms with Crippen molar-refractivity contribution in [2.45, 2.75) is 66.7 Å². The average molecular weight is 277 g/mol. The second-order valence-electron chi connectivity index (χ2n) is 6.93. The van der Waals surface area contributed by atoms with Gasteiger partial charge in [0.25, 0.3) is 0 Å². The molecule has 0 unspecified atom stereocenters. The zero-order valence-electron chi connectivity index (χ0n) is 14.2. The molecule has 0 amide bonds. The summed E-state index contributed by atoms with van der Waals surface area (Å²) in [5.41, 5.74) is 1.75. The maximum Gasteiger partial charge on any atom is 0.212 e. The van der Waals surface area contributed by atoms with E-state index in [-0.39, 0.29) is 0 Å². The van der Waals surface area contributed by atoms with E-state index in [0.29, 0.717) is 5.41 Å². The third kappa shape index (κ3) is 5.94. The minimum atomic E-state index is 0.324. The molecule has 0 aliphatic carbocycles. The van der Waals surface area contributed by atoms with Gasteiger partial charge in [-0.25, -0.2) is 0 Å². The first-order chi connectivity index (χ1) is 9.48. The van der Waals surface area contributed by atoms with Crippen LogP contribution in [0.2, 0.25) is 0 Å². The SMILES string of the molecule is CCCCN(CCCC)[n+]1ccccc1CC(C)(C)C. The molecule has 0 saturated carbocycles. The van der Waals surface area contributed by atoms with Crippen molar-refractivity contribution in [1.82, 2.24) is 0 Å². The van der Waals surface area contributed by atoms with Gasteiger partial charge in [0, 0.05) is 18.6 Å². The summed E-state index contributed by atoms with van der Waals surface area (Å²) in [4.78, 5) is 0. The molecule has 0 spiro atoms. The highest BCUT2D eigenvalue weighted by atomic mass is 15.5. The van der Waals surface area contributed by atoms with Crippen LogP contribution in [-0.4, -0.2) is 13.1 Å². The maximum absolute atomic E-state index is 2.52. The molecular formula is C18H33N2+. The molecule has 0 aliphatic heterocycles. The monoisotopic (exact) mass is 277 g/mol. The van der Waals surface area contributed by atoms with Crippen LogP contribution in [0.4, 0.5) is 0 Å². The smallest absolute Gasteiger partial charge is 0.181 e. The van der Waals surface area contributed by atoms with Gasteiger partial charge in [-0.2, -0.15) is 5.01 Å². The molecule has 20 heavy (non-hydrogen) atoms. The lowest BCUT2D eigenvalue weighted by Gasteiger charge is -2.22. The quantitative estimate of drug-likeness (QED) is 0.649. The highest BCUT2D eigenvalue weighted by Gasteiger charge is 2.22. The Morgan fingerprint density at radius 1 is 1.00 bits per heavy atom. The molecule has 0 aromatic carbocycles. The van der Waals surface area contributed by atoms with E-state index in [1.165, 1.54) is 31.4 Å². The number of hydrogen-bond acceptors (Lipinski definition) is 1. The van der Waals surface area contributed by atoms with Gasteiger partial charge in [-0.15, -0.1) is 0 Å². The highest BCUT2D eigenvalue weighted by molar-refractivity contribution is 5.00. The molecule has 0 N–H and O–H groups in total. The van der Waals surface area contributed by atoms with Crippen molar-refractivity contribution in [3.63, 3.8) is 0 Å². The van der Waals surface area contributed by atoms with E-state index in [1.807, 2.05) is 0 Å². The van der Waals surface area contributed by atoms with Crippen LogP contribution < -0.4 is 9.69 Å². The summed E-state index contributed by atoms with van der Waals surface area (Å²) in [7, 11) is 0. The van der Waals surface area contributed by atoms with Gasteiger partial charge in [0.05, 0.1) is 13.1 Å². The van der Waals surface area contributed by atoms with E-state index in [2.05, 4.69) is 68.7 Å². The van der Waals surface area contributed by atoms with Crippen LogP contribution in [-0.2, 0) is 6.42 Å². The number of hydrogen-bond donors (Lipinski definition) is 0. The molecule has 1 aromatic rings. The Balaban J connectivity index is 2.92. The lowest BCUT2D eigenvalue weighted by molar-refractivity contribution is -0.701. The van der Waals surface area contributed by atoms with Crippen LogP contribution in [0.1, 0.15) is 66.0 Å². The first-order valence-corrected chi connectivity index (χ1v) is 8.22. The number of unbranched alkanes of at least 4 members (excludes halogenated alkanes) is 2. The van der Waals surface area contributed by atoms with Gasteiger partial charge >= 0.3 is 0 Å². The van der Waals surface area contributed by atoms with Crippen molar-refractivity contribution in [2.75, 3.05) is 18.1 Å². The van der Waals surface area contributed by atoms with E-state index < -0.39 is 0 Å². The Kier molecular flexibility index (Phi) is 7.04. The van der Waals surface area contributed by atoms with Crippen molar-refractivity contribution in [3.05, 3.63) is 30.1 Å². The van der Waals surface area contributed by atoms with Gasteiger partial charge < -0.3 is 0 Å². The van der Waals surface area contributed by atoms with Crippen molar-refractivity contribution >= 4 is 0 Å². The summed E-state index contributed by atoms with van der Waals surface area (Å²) in [6.07, 6.45) is 8.38. The van der Waals surface area contributed by atoms with Crippen LogP contribution in [0.3, 0.4) is 0 Å². The molecule has 0 radical (unpaired) electrons. The molecule has 1 rings (SSSR count). The van der Waals surface area contributed by atoms with Crippen molar-refractivity contribution in [1.29, 1.82) is 0 Å². The van der Waals surface area contributed by atoms with Crippen molar-refractivity contribution in [2.24, 2.45) is 5.41 Å². The third-order valence-corrected chi connectivity index (χ3v) is 3.48. The fourth-order valence-corrected chi connectivity index (χ4v) is 2.44. The Morgan fingerprint density at radius 2 is 1.60 bits per heavy atom. The van der Waals surface area contributed by atoms with Gasteiger partial charge in [0.2, 0.25) is 5.69 Å². The highest BCUT2D eigenvalue weighted by Crippen LogP contribution is 2.18. The second-order valence-corrected chi connectivity index (χ2v) is 6.93. The van der Waals surface area contributed by atoms with Crippen LogP contribution in [0.15, 0.2) is 24.4 Å². The Morgan fingerprint density at radius 3 is 2.10 bits per heavy atom. The fraction of sp³-hybridized carbons (Fsp3) is 0.722. The lowest BCUT2D eigenvalue weighted by Crippen LogP contribution is -2.61. The Bertz CT molecular complexity index is 371. The first-order valence-electron chi connectivity index (χ1n) is 8.22. The van der Waals surface area contributed by atoms with Crippen LogP contribution in [0, 0.1) is 5.41 Å². The molecule has 0 fully saturated rings. The van der Waals surface area contributed by atoms with Crippen LogP contribution in [0.5, 0.6) is 0 Å². The minimum Gasteiger partial charge on any atom is -0.181 e. The summed E-state index contributed by atoms with van der Waals surface area (Å²) >= 11 is 0. The molecule has 0 bridgehead atoms.